The summed E-state index contributed by atoms with van der Waals surface area (Å²) >= 11 is 0. The third kappa shape index (κ3) is 2.47. The highest BCUT2D eigenvalue weighted by Crippen LogP contribution is 2.45. The zero-order valence-corrected chi connectivity index (χ0v) is 14.8. The van der Waals surface area contributed by atoms with Crippen LogP contribution in [0.2, 0.25) is 0 Å². The van der Waals surface area contributed by atoms with Gasteiger partial charge in [-0.25, -0.2) is 18.6 Å². The SMILES string of the molecule is O=C(O)C1=CN2c3cc(-c4ccccc4)ccc3N=C3C(F)=C(F)C=C(C1=O)C32. The summed E-state index contributed by atoms with van der Waals surface area (Å²) in [6, 6.07) is 13.7. The van der Waals surface area contributed by atoms with Gasteiger partial charge < -0.3 is 10.0 Å². The Morgan fingerprint density at radius 2 is 1.83 bits per heavy atom. The van der Waals surface area contributed by atoms with E-state index in [0.29, 0.717) is 11.4 Å². The second-order valence-electron chi connectivity index (χ2n) is 6.82. The van der Waals surface area contributed by atoms with E-state index in [-0.39, 0.29) is 11.3 Å². The lowest BCUT2D eigenvalue weighted by molar-refractivity contribution is -0.134. The van der Waals surface area contributed by atoms with Gasteiger partial charge in [0.1, 0.15) is 17.3 Å². The van der Waals surface area contributed by atoms with Crippen LogP contribution < -0.4 is 4.90 Å². The van der Waals surface area contributed by atoms with Crippen molar-refractivity contribution in [3.8, 4) is 11.1 Å². The van der Waals surface area contributed by atoms with E-state index in [1.807, 2.05) is 30.3 Å². The molecule has 0 fully saturated rings. The lowest BCUT2D eigenvalue weighted by atomic mass is 9.84. The zero-order chi connectivity index (χ0) is 20.3. The minimum Gasteiger partial charge on any atom is -0.477 e. The molecule has 2 aliphatic heterocycles. The normalized spacial score (nSPS) is 19.8. The number of allylic oxidation sites excluding steroid dienone is 2. The van der Waals surface area contributed by atoms with Crippen LogP contribution in [-0.2, 0) is 9.59 Å². The second-order valence-corrected chi connectivity index (χ2v) is 6.82. The molecule has 1 unspecified atom stereocenters. The van der Waals surface area contributed by atoms with E-state index in [9.17, 15) is 23.5 Å². The monoisotopic (exact) mass is 390 g/mol. The number of halogens is 2. The van der Waals surface area contributed by atoms with Crippen LogP contribution >= 0.6 is 0 Å². The van der Waals surface area contributed by atoms with Gasteiger partial charge in [-0.1, -0.05) is 36.4 Å². The van der Waals surface area contributed by atoms with E-state index < -0.39 is 35.0 Å². The summed E-state index contributed by atoms with van der Waals surface area (Å²) < 4.78 is 28.6. The van der Waals surface area contributed by atoms with Gasteiger partial charge in [0.2, 0.25) is 0 Å². The molecule has 0 amide bonds. The minimum atomic E-state index is -1.44. The van der Waals surface area contributed by atoms with E-state index in [2.05, 4.69) is 4.99 Å². The van der Waals surface area contributed by atoms with Crippen LogP contribution in [0.3, 0.4) is 0 Å². The zero-order valence-electron chi connectivity index (χ0n) is 14.8. The van der Waals surface area contributed by atoms with E-state index in [0.717, 1.165) is 17.2 Å². The van der Waals surface area contributed by atoms with E-state index in [4.69, 9.17) is 0 Å². The maximum atomic E-state index is 14.5. The number of carbonyl (C=O) groups is 2. The molecule has 0 radical (unpaired) electrons. The molecule has 29 heavy (non-hydrogen) atoms. The van der Waals surface area contributed by atoms with Crippen LogP contribution in [0, 0.1) is 0 Å². The molecular weight excluding hydrogens is 378 g/mol. The van der Waals surface area contributed by atoms with Crippen molar-refractivity contribution in [3.63, 3.8) is 0 Å². The molecule has 0 saturated carbocycles. The molecule has 0 saturated heterocycles. The molecule has 0 spiro atoms. The van der Waals surface area contributed by atoms with Gasteiger partial charge in [0.25, 0.3) is 0 Å². The van der Waals surface area contributed by atoms with Crippen LogP contribution in [0.5, 0.6) is 0 Å². The summed E-state index contributed by atoms with van der Waals surface area (Å²) in [4.78, 5) is 29.9. The maximum Gasteiger partial charge on any atom is 0.341 e. The average molecular weight is 390 g/mol. The Morgan fingerprint density at radius 3 is 2.55 bits per heavy atom. The number of fused-ring (bicyclic) bond motifs is 2. The van der Waals surface area contributed by atoms with Crippen LogP contribution in [0.4, 0.5) is 20.2 Å². The number of aliphatic imine (C=N–C) groups is 1. The van der Waals surface area contributed by atoms with Gasteiger partial charge in [0.05, 0.1) is 11.4 Å². The lowest BCUT2D eigenvalue weighted by Gasteiger charge is -2.40. The largest absolute Gasteiger partial charge is 0.477 e. The van der Waals surface area contributed by atoms with Crippen molar-refractivity contribution in [1.29, 1.82) is 0 Å². The molecule has 0 bridgehead atoms. The first-order chi connectivity index (χ1) is 14.0. The Balaban J connectivity index is 1.77. The topological polar surface area (TPSA) is 70.0 Å². The number of nitrogens with zero attached hydrogens (tertiary/aromatic N) is 2. The molecule has 142 valence electrons. The molecule has 1 atom stereocenters. The summed E-state index contributed by atoms with van der Waals surface area (Å²) in [7, 11) is 0. The Labute approximate surface area is 163 Å². The number of hydrogen-bond acceptors (Lipinski definition) is 4. The Morgan fingerprint density at radius 1 is 1.07 bits per heavy atom. The second kappa shape index (κ2) is 6.07. The molecular formula is C22H12F2N2O3. The number of Topliss-reactive ketones (excluding diaryl/α,β-unsaturated/α-hetero) is 1. The fourth-order valence-electron chi connectivity index (χ4n) is 3.80. The predicted octanol–water partition coefficient (Wildman–Crippen LogP) is 4.26. The number of carbonyl (C=O) groups excluding carboxylic acids is 1. The third-order valence-corrected chi connectivity index (χ3v) is 5.16. The number of carboxylic acids is 1. The van der Waals surface area contributed by atoms with Crippen molar-refractivity contribution in [2.45, 2.75) is 6.04 Å². The molecule has 5 rings (SSSR count). The van der Waals surface area contributed by atoms with E-state index >= 15 is 0 Å². The fourth-order valence-corrected chi connectivity index (χ4v) is 3.80. The van der Waals surface area contributed by atoms with Crippen molar-refractivity contribution in [2.24, 2.45) is 4.99 Å². The molecule has 2 aromatic carbocycles. The van der Waals surface area contributed by atoms with Crippen LogP contribution in [-0.4, -0.2) is 28.6 Å². The highest BCUT2D eigenvalue weighted by Gasteiger charge is 2.45. The van der Waals surface area contributed by atoms with Crippen molar-refractivity contribution >= 4 is 28.8 Å². The van der Waals surface area contributed by atoms with Crippen LogP contribution in [0.1, 0.15) is 0 Å². The third-order valence-electron chi connectivity index (χ3n) is 5.16. The number of ketones is 1. The summed E-state index contributed by atoms with van der Waals surface area (Å²) in [5, 5.41) is 9.44. The van der Waals surface area contributed by atoms with Crippen molar-refractivity contribution < 1.29 is 23.5 Å². The van der Waals surface area contributed by atoms with Gasteiger partial charge in [-0.15, -0.1) is 0 Å². The molecule has 2 aromatic rings. The molecule has 1 N–H and O–H groups in total. The quantitative estimate of drug-likeness (QED) is 0.778. The number of benzene rings is 2. The molecule has 1 aliphatic carbocycles. The highest BCUT2D eigenvalue weighted by molar-refractivity contribution is 6.30. The number of anilines is 1. The van der Waals surface area contributed by atoms with Crippen LogP contribution in [0.15, 0.2) is 88.6 Å². The first-order valence-electron chi connectivity index (χ1n) is 8.79. The predicted molar refractivity (Wildman–Crippen MR) is 103 cm³/mol. The molecule has 5 nitrogen and oxygen atoms in total. The number of aliphatic carboxylic acids is 1. The fraction of sp³-hybridized carbons (Fsp3) is 0.0455. The van der Waals surface area contributed by atoms with Gasteiger partial charge in [-0.2, -0.15) is 0 Å². The van der Waals surface area contributed by atoms with Gasteiger partial charge in [0, 0.05) is 11.8 Å². The summed E-state index contributed by atoms with van der Waals surface area (Å²) in [6.45, 7) is 0. The summed E-state index contributed by atoms with van der Waals surface area (Å²) in [5.74, 6) is -4.67. The number of rotatable bonds is 2. The molecule has 0 aromatic heterocycles. The van der Waals surface area contributed by atoms with Crippen molar-refractivity contribution in [2.75, 3.05) is 4.90 Å². The first-order valence-corrected chi connectivity index (χ1v) is 8.79. The highest BCUT2D eigenvalue weighted by atomic mass is 19.2. The lowest BCUT2D eigenvalue weighted by Crippen LogP contribution is -2.49. The minimum absolute atomic E-state index is 0.154. The molecule has 3 aliphatic rings. The van der Waals surface area contributed by atoms with Gasteiger partial charge in [-0.3, -0.25) is 4.79 Å². The van der Waals surface area contributed by atoms with Gasteiger partial charge in [0.15, 0.2) is 17.4 Å². The number of carboxylic acid groups (broad SMARTS) is 1. The standard InChI is InChI=1S/C22H12F2N2O3/c23-15-9-13-20-19(18(15)24)25-16-7-6-12(11-4-2-1-3-5-11)8-17(16)26(20)10-14(21(13)27)22(28)29/h1-10,20H,(H,28,29). The van der Waals surface area contributed by atoms with Crippen molar-refractivity contribution in [3.05, 3.63) is 83.6 Å². The van der Waals surface area contributed by atoms with Crippen LogP contribution in [0.25, 0.3) is 11.1 Å². The smallest absolute Gasteiger partial charge is 0.341 e. The Kier molecular flexibility index (Phi) is 3.61. The van der Waals surface area contributed by atoms with Crippen molar-refractivity contribution in [1.82, 2.24) is 0 Å². The first kappa shape index (κ1) is 17.2. The van der Waals surface area contributed by atoms with Gasteiger partial charge in [-0.05, 0) is 29.3 Å². The molecule has 2 heterocycles. The maximum absolute atomic E-state index is 14.5. The number of hydrogen-bond donors (Lipinski definition) is 1. The summed E-state index contributed by atoms with van der Waals surface area (Å²) in [5.41, 5.74) is 1.72. The Bertz CT molecular complexity index is 1230. The Hall–Kier alpha value is -3.87. The van der Waals surface area contributed by atoms with Gasteiger partial charge >= 0.3 is 5.97 Å². The van der Waals surface area contributed by atoms with E-state index in [1.165, 1.54) is 11.1 Å². The molecule has 7 heteroatoms. The van der Waals surface area contributed by atoms with E-state index in [1.54, 1.807) is 18.2 Å². The average Bonchev–Trinajstić information content (AvgIpc) is 2.73. The summed E-state index contributed by atoms with van der Waals surface area (Å²) in [6.07, 6.45) is 1.93.